The number of halogens is 2. The van der Waals surface area contributed by atoms with Crippen molar-refractivity contribution in [3.63, 3.8) is 0 Å². The Bertz CT molecular complexity index is 582. The lowest BCUT2D eigenvalue weighted by atomic mass is 10.1. The Morgan fingerprint density at radius 2 is 2.30 bits per heavy atom. The first-order chi connectivity index (χ1) is 11.0. The number of nitrogens with one attached hydrogen (secondary N) is 1. The van der Waals surface area contributed by atoms with Crippen LogP contribution in [0, 0.1) is 11.7 Å². The minimum atomic E-state index is -0.536. The van der Waals surface area contributed by atoms with Gasteiger partial charge in [-0.05, 0) is 31.5 Å². The molecule has 0 saturated carbocycles. The third kappa shape index (κ3) is 4.65. The quantitative estimate of drug-likeness (QED) is 0.774. The zero-order valence-corrected chi connectivity index (χ0v) is 13.7. The van der Waals surface area contributed by atoms with Crippen LogP contribution in [0.1, 0.15) is 19.8 Å². The fourth-order valence-electron chi connectivity index (χ4n) is 2.46. The lowest BCUT2D eigenvalue weighted by Gasteiger charge is -2.17. The van der Waals surface area contributed by atoms with E-state index in [1.165, 1.54) is 23.1 Å². The van der Waals surface area contributed by atoms with E-state index in [1.807, 2.05) is 6.92 Å². The number of benzene rings is 1. The van der Waals surface area contributed by atoms with Gasteiger partial charge in [0, 0.05) is 38.4 Å². The second-order valence-corrected chi connectivity index (χ2v) is 5.75. The van der Waals surface area contributed by atoms with Crippen LogP contribution in [0.4, 0.5) is 10.1 Å². The first kappa shape index (κ1) is 17.7. The molecular formula is C16H20ClFN2O3. The van der Waals surface area contributed by atoms with Crippen LogP contribution in [0.3, 0.4) is 0 Å². The number of anilines is 1. The summed E-state index contributed by atoms with van der Waals surface area (Å²) in [6.45, 7) is 3.96. The van der Waals surface area contributed by atoms with Gasteiger partial charge in [0.15, 0.2) is 0 Å². The standard InChI is InChI=1S/C16H20ClFN2O3/c1-2-23-7-3-6-19-16(22)11-8-15(21)20(10-11)12-4-5-14(18)13(17)9-12/h4-5,9,11H,2-3,6-8,10H2,1H3,(H,19,22)/t11-/m0/s1. The highest BCUT2D eigenvalue weighted by molar-refractivity contribution is 6.31. The van der Waals surface area contributed by atoms with Crippen LogP contribution in [0.15, 0.2) is 18.2 Å². The van der Waals surface area contributed by atoms with Crippen molar-refractivity contribution < 1.29 is 18.7 Å². The predicted molar refractivity (Wildman–Crippen MR) is 86.0 cm³/mol. The van der Waals surface area contributed by atoms with Crippen molar-refractivity contribution in [1.82, 2.24) is 5.32 Å². The van der Waals surface area contributed by atoms with Gasteiger partial charge in [-0.2, -0.15) is 0 Å². The molecule has 1 aliphatic heterocycles. The van der Waals surface area contributed by atoms with Gasteiger partial charge >= 0.3 is 0 Å². The van der Waals surface area contributed by atoms with E-state index in [1.54, 1.807) is 0 Å². The summed E-state index contributed by atoms with van der Waals surface area (Å²) < 4.78 is 18.4. The highest BCUT2D eigenvalue weighted by Gasteiger charge is 2.35. The van der Waals surface area contributed by atoms with Crippen molar-refractivity contribution in [2.45, 2.75) is 19.8 Å². The second-order valence-electron chi connectivity index (χ2n) is 5.35. The minimum absolute atomic E-state index is 0.0425. The Morgan fingerprint density at radius 1 is 1.52 bits per heavy atom. The molecule has 1 aromatic carbocycles. The number of hydrogen-bond donors (Lipinski definition) is 1. The van der Waals surface area contributed by atoms with Gasteiger partial charge in [-0.25, -0.2) is 4.39 Å². The van der Waals surface area contributed by atoms with Crippen LogP contribution in [-0.4, -0.2) is 38.1 Å². The molecule has 5 nitrogen and oxygen atoms in total. The Kier molecular flexibility index (Phi) is 6.36. The van der Waals surface area contributed by atoms with Gasteiger partial charge in [-0.3, -0.25) is 9.59 Å². The molecule has 1 fully saturated rings. The number of rotatable bonds is 7. The normalized spacial score (nSPS) is 17.6. The number of carbonyl (C=O) groups excluding carboxylic acids is 2. The highest BCUT2D eigenvalue weighted by atomic mass is 35.5. The summed E-state index contributed by atoms with van der Waals surface area (Å²) in [5.41, 5.74) is 0.507. The zero-order chi connectivity index (χ0) is 16.8. The Labute approximate surface area is 139 Å². The van der Waals surface area contributed by atoms with Gasteiger partial charge in [0.2, 0.25) is 11.8 Å². The molecule has 126 valence electrons. The van der Waals surface area contributed by atoms with E-state index in [-0.39, 0.29) is 29.8 Å². The van der Waals surface area contributed by atoms with E-state index in [0.29, 0.717) is 25.4 Å². The Hall–Kier alpha value is -1.66. The maximum absolute atomic E-state index is 13.2. The molecule has 0 bridgehead atoms. The van der Waals surface area contributed by atoms with E-state index < -0.39 is 11.7 Å². The number of ether oxygens (including phenoxy) is 1. The van der Waals surface area contributed by atoms with Crippen LogP contribution in [-0.2, 0) is 14.3 Å². The number of carbonyl (C=O) groups is 2. The molecule has 1 heterocycles. The maximum Gasteiger partial charge on any atom is 0.227 e. The van der Waals surface area contributed by atoms with Gasteiger partial charge in [-0.15, -0.1) is 0 Å². The summed E-state index contributed by atoms with van der Waals surface area (Å²) in [5.74, 6) is -1.25. The van der Waals surface area contributed by atoms with E-state index in [0.717, 1.165) is 6.42 Å². The molecule has 0 aromatic heterocycles. The summed E-state index contributed by atoms with van der Waals surface area (Å²) >= 11 is 5.74. The fraction of sp³-hybridized carbons (Fsp3) is 0.500. The second kappa shape index (κ2) is 8.26. The number of hydrogen-bond acceptors (Lipinski definition) is 3. The highest BCUT2D eigenvalue weighted by Crippen LogP contribution is 2.28. The molecule has 1 aliphatic rings. The smallest absolute Gasteiger partial charge is 0.227 e. The lowest BCUT2D eigenvalue weighted by Crippen LogP contribution is -2.33. The molecule has 2 rings (SSSR count). The van der Waals surface area contributed by atoms with Crippen LogP contribution in [0.25, 0.3) is 0 Å². The third-order valence-electron chi connectivity index (χ3n) is 3.68. The van der Waals surface area contributed by atoms with Crippen molar-refractivity contribution in [2.75, 3.05) is 31.2 Å². The monoisotopic (exact) mass is 342 g/mol. The molecule has 0 aliphatic carbocycles. The van der Waals surface area contributed by atoms with Crippen molar-refractivity contribution in [3.8, 4) is 0 Å². The minimum Gasteiger partial charge on any atom is -0.382 e. The van der Waals surface area contributed by atoms with Crippen molar-refractivity contribution >= 4 is 29.1 Å². The predicted octanol–water partition coefficient (Wildman–Crippen LogP) is 2.37. The zero-order valence-electron chi connectivity index (χ0n) is 13.0. The Balaban J connectivity index is 1.89. The molecule has 2 amide bonds. The first-order valence-electron chi connectivity index (χ1n) is 7.63. The topological polar surface area (TPSA) is 58.6 Å². The Morgan fingerprint density at radius 3 is 3.00 bits per heavy atom. The van der Waals surface area contributed by atoms with E-state index in [2.05, 4.69) is 5.32 Å². The molecule has 1 saturated heterocycles. The van der Waals surface area contributed by atoms with E-state index in [4.69, 9.17) is 16.3 Å². The molecule has 1 aromatic rings. The van der Waals surface area contributed by atoms with E-state index >= 15 is 0 Å². The SMILES string of the molecule is CCOCCCNC(=O)[C@H]1CC(=O)N(c2ccc(F)c(Cl)c2)C1. The average Bonchev–Trinajstić information content (AvgIpc) is 2.92. The molecule has 1 N–H and O–H groups in total. The summed E-state index contributed by atoms with van der Waals surface area (Å²) in [7, 11) is 0. The average molecular weight is 343 g/mol. The first-order valence-corrected chi connectivity index (χ1v) is 8.01. The third-order valence-corrected chi connectivity index (χ3v) is 3.97. The fourth-order valence-corrected chi connectivity index (χ4v) is 2.63. The maximum atomic E-state index is 13.2. The van der Waals surface area contributed by atoms with Crippen LogP contribution < -0.4 is 10.2 Å². The number of amides is 2. The van der Waals surface area contributed by atoms with Crippen molar-refractivity contribution in [2.24, 2.45) is 5.92 Å². The summed E-state index contributed by atoms with van der Waals surface area (Å²) in [6.07, 6.45) is 0.879. The molecular weight excluding hydrogens is 323 g/mol. The van der Waals surface area contributed by atoms with Crippen molar-refractivity contribution in [1.29, 1.82) is 0 Å². The van der Waals surface area contributed by atoms with Gasteiger partial charge in [0.25, 0.3) is 0 Å². The number of nitrogens with zero attached hydrogens (tertiary/aromatic N) is 1. The van der Waals surface area contributed by atoms with E-state index in [9.17, 15) is 14.0 Å². The van der Waals surface area contributed by atoms with Gasteiger partial charge < -0.3 is 15.0 Å². The van der Waals surface area contributed by atoms with Crippen LogP contribution in [0.5, 0.6) is 0 Å². The summed E-state index contributed by atoms with van der Waals surface area (Å²) in [4.78, 5) is 25.7. The van der Waals surface area contributed by atoms with Crippen LogP contribution in [0.2, 0.25) is 5.02 Å². The van der Waals surface area contributed by atoms with Crippen LogP contribution >= 0.6 is 11.6 Å². The lowest BCUT2D eigenvalue weighted by molar-refractivity contribution is -0.126. The van der Waals surface area contributed by atoms with Gasteiger partial charge in [-0.1, -0.05) is 11.6 Å². The molecule has 1 atom stereocenters. The summed E-state index contributed by atoms with van der Waals surface area (Å²) in [5, 5.41) is 2.77. The molecule has 7 heteroatoms. The largest absolute Gasteiger partial charge is 0.382 e. The molecule has 0 radical (unpaired) electrons. The molecule has 23 heavy (non-hydrogen) atoms. The van der Waals surface area contributed by atoms with Gasteiger partial charge in [0.1, 0.15) is 5.82 Å². The van der Waals surface area contributed by atoms with Crippen molar-refractivity contribution in [3.05, 3.63) is 29.0 Å². The van der Waals surface area contributed by atoms with Gasteiger partial charge in [0.05, 0.1) is 10.9 Å². The summed E-state index contributed by atoms with van der Waals surface area (Å²) in [6, 6.07) is 4.10. The molecule has 0 spiro atoms. The molecule has 0 unspecified atom stereocenters.